The lowest BCUT2D eigenvalue weighted by Gasteiger charge is -2.31. The number of hydrogen-bond acceptors (Lipinski definition) is 3. The molecule has 3 rings (SSSR count). The number of halogens is 3. The number of nitrogens with zero attached hydrogens (tertiary/aromatic N) is 2. The molecule has 2 aliphatic rings. The third-order valence-corrected chi connectivity index (χ3v) is 5.36. The van der Waals surface area contributed by atoms with E-state index in [2.05, 4.69) is 16.8 Å². The zero-order valence-corrected chi connectivity index (χ0v) is 15.8. The minimum Gasteiger partial charge on any atom is -0.379 e. The first-order valence-corrected chi connectivity index (χ1v) is 9.49. The molecule has 0 aliphatic carbocycles. The van der Waals surface area contributed by atoms with Gasteiger partial charge in [-0.2, -0.15) is 13.2 Å². The highest BCUT2D eigenvalue weighted by Gasteiger charge is 2.38. The second-order valence-corrected chi connectivity index (χ2v) is 7.28. The van der Waals surface area contributed by atoms with Crippen molar-refractivity contribution < 1.29 is 22.7 Å². The number of likely N-dealkylation sites (tertiary alicyclic amines) is 1. The summed E-state index contributed by atoms with van der Waals surface area (Å²) in [6.45, 7) is 8.51. The van der Waals surface area contributed by atoms with Crippen LogP contribution in [0.1, 0.15) is 17.0 Å². The van der Waals surface area contributed by atoms with E-state index in [1.54, 1.807) is 17.0 Å². The van der Waals surface area contributed by atoms with Crippen LogP contribution in [0.4, 0.5) is 18.0 Å². The van der Waals surface area contributed by atoms with Crippen molar-refractivity contribution in [2.24, 2.45) is 5.92 Å². The van der Waals surface area contributed by atoms with Crippen molar-refractivity contribution in [2.45, 2.75) is 12.1 Å². The lowest BCUT2D eigenvalue weighted by Crippen LogP contribution is -2.42. The molecule has 154 valence electrons. The Morgan fingerprint density at radius 2 is 2.04 bits per heavy atom. The van der Waals surface area contributed by atoms with E-state index in [0.29, 0.717) is 38.4 Å². The maximum absolute atomic E-state index is 13.2. The molecule has 0 saturated carbocycles. The fourth-order valence-corrected chi connectivity index (χ4v) is 3.93. The Kier molecular flexibility index (Phi) is 6.61. The molecule has 2 amide bonds. The zero-order valence-electron chi connectivity index (χ0n) is 15.8. The molecule has 2 heterocycles. The van der Waals surface area contributed by atoms with Gasteiger partial charge in [-0.25, -0.2) is 4.79 Å². The Labute approximate surface area is 163 Å². The van der Waals surface area contributed by atoms with Crippen molar-refractivity contribution in [3.8, 4) is 0 Å². The standard InChI is InChI=1S/C20H26F3N3O2/c1-2-6-24-19(27)26-13-16(12-25-7-9-28-10-8-25)18(14-26)15-4-3-5-17(11-15)20(21,22)23/h2-5,11,16,18H,1,6-10,12-14H2,(H,24,27). The fraction of sp³-hybridized carbons (Fsp3) is 0.550. The molecular formula is C20H26F3N3O2. The van der Waals surface area contributed by atoms with Gasteiger partial charge in [0.2, 0.25) is 0 Å². The number of alkyl halides is 3. The van der Waals surface area contributed by atoms with Crippen LogP contribution in [-0.2, 0) is 10.9 Å². The van der Waals surface area contributed by atoms with Gasteiger partial charge in [-0.15, -0.1) is 6.58 Å². The summed E-state index contributed by atoms with van der Waals surface area (Å²) in [5.74, 6) is -0.0734. The Morgan fingerprint density at radius 1 is 1.29 bits per heavy atom. The minimum absolute atomic E-state index is 0.0658. The van der Waals surface area contributed by atoms with Gasteiger partial charge in [0.1, 0.15) is 0 Å². The van der Waals surface area contributed by atoms with Gasteiger partial charge in [0.15, 0.2) is 0 Å². The first-order chi connectivity index (χ1) is 13.4. The second kappa shape index (κ2) is 8.96. The molecule has 0 radical (unpaired) electrons. The molecule has 5 nitrogen and oxygen atoms in total. The average molecular weight is 397 g/mol. The summed E-state index contributed by atoms with van der Waals surface area (Å²) in [7, 11) is 0. The van der Waals surface area contributed by atoms with Gasteiger partial charge in [0.05, 0.1) is 18.8 Å². The van der Waals surface area contributed by atoms with E-state index < -0.39 is 11.7 Å². The molecule has 1 N–H and O–H groups in total. The van der Waals surface area contributed by atoms with Crippen LogP contribution in [0.25, 0.3) is 0 Å². The molecular weight excluding hydrogens is 371 g/mol. The van der Waals surface area contributed by atoms with Crippen LogP contribution in [0, 0.1) is 5.92 Å². The quantitative estimate of drug-likeness (QED) is 0.777. The molecule has 2 unspecified atom stereocenters. The lowest BCUT2D eigenvalue weighted by molar-refractivity contribution is -0.137. The molecule has 8 heteroatoms. The number of benzene rings is 1. The molecule has 2 fully saturated rings. The monoisotopic (exact) mass is 397 g/mol. The molecule has 0 spiro atoms. The van der Waals surface area contributed by atoms with Crippen LogP contribution in [-0.4, -0.2) is 68.3 Å². The smallest absolute Gasteiger partial charge is 0.379 e. The Balaban J connectivity index is 1.79. The molecule has 1 aromatic carbocycles. The molecule has 28 heavy (non-hydrogen) atoms. The Hall–Kier alpha value is -2.06. The Morgan fingerprint density at radius 3 is 2.71 bits per heavy atom. The number of ether oxygens (including phenoxy) is 1. The largest absolute Gasteiger partial charge is 0.416 e. The maximum Gasteiger partial charge on any atom is 0.416 e. The number of carbonyl (C=O) groups is 1. The van der Waals surface area contributed by atoms with E-state index in [1.807, 2.05) is 0 Å². The van der Waals surface area contributed by atoms with E-state index in [1.165, 1.54) is 12.1 Å². The summed E-state index contributed by atoms with van der Waals surface area (Å²) in [4.78, 5) is 16.4. The van der Waals surface area contributed by atoms with Crippen LogP contribution in [0.3, 0.4) is 0 Å². The SMILES string of the molecule is C=CCNC(=O)N1CC(CN2CCOCC2)C(c2cccc(C(F)(F)F)c2)C1. The van der Waals surface area contributed by atoms with Gasteiger partial charge in [-0.3, -0.25) is 4.90 Å². The van der Waals surface area contributed by atoms with Crippen molar-refractivity contribution in [2.75, 3.05) is 52.5 Å². The normalized spacial score (nSPS) is 23.6. The highest BCUT2D eigenvalue weighted by molar-refractivity contribution is 5.74. The molecule has 1 aromatic rings. The molecule has 2 atom stereocenters. The molecule has 2 aliphatic heterocycles. The first-order valence-electron chi connectivity index (χ1n) is 9.49. The summed E-state index contributed by atoms with van der Waals surface area (Å²) in [6, 6.07) is 5.29. The highest BCUT2D eigenvalue weighted by atomic mass is 19.4. The van der Waals surface area contributed by atoms with Crippen LogP contribution in [0.15, 0.2) is 36.9 Å². The van der Waals surface area contributed by atoms with Crippen molar-refractivity contribution >= 4 is 6.03 Å². The van der Waals surface area contributed by atoms with E-state index >= 15 is 0 Å². The van der Waals surface area contributed by atoms with Gasteiger partial charge in [0, 0.05) is 45.2 Å². The minimum atomic E-state index is -4.38. The summed E-state index contributed by atoms with van der Waals surface area (Å²) in [6.07, 6.45) is -2.78. The topological polar surface area (TPSA) is 44.8 Å². The Bertz CT molecular complexity index is 690. The highest BCUT2D eigenvalue weighted by Crippen LogP contribution is 2.37. The average Bonchev–Trinajstić information content (AvgIpc) is 3.10. The van der Waals surface area contributed by atoms with Gasteiger partial charge in [-0.1, -0.05) is 24.3 Å². The number of amides is 2. The van der Waals surface area contributed by atoms with E-state index in [0.717, 1.165) is 25.7 Å². The van der Waals surface area contributed by atoms with Crippen LogP contribution < -0.4 is 5.32 Å². The summed E-state index contributed by atoms with van der Waals surface area (Å²) >= 11 is 0. The zero-order chi connectivity index (χ0) is 20.1. The van der Waals surface area contributed by atoms with E-state index in [9.17, 15) is 18.0 Å². The maximum atomic E-state index is 13.2. The van der Waals surface area contributed by atoms with Crippen molar-refractivity contribution in [3.05, 3.63) is 48.0 Å². The number of morpholine rings is 1. The van der Waals surface area contributed by atoms with E-state index in [4.69, 9.17) is 4.74 Å². The predicted molar refractivity (Wildman–Crippen MR) is 100 cm³/mol. The van der Waals surface area contributed by atoms with Gasteiger partial charge in [-0.05, 0) is 17.5 Å². The van der Waals surface area contributed by atoms with Crippen molar-refractivity contribution in [1.29, 1.82) is 0 Å². The first kappa shape index (κ1) is 20.7. The number of carbonyl (C=O) groups excluding carboxylic acids is 1. The van der Waals surface area contributed by atoms with Gasteiger partial charge < -0.3 is 15.0 Å². The van der Waals surface area contributed by atoms with Crippen molar-refractivity contribution in [1.82, 2.24) is 15.1 Å². The molecule has 0 bridgehead atoms. The lowest BCUT2D eigenvalue weighted by atomic mass is 9.87. The second-order valence-electron chi connectivity index (χ2n) is 7.28. The number of nitrogens with one attached hydrogen (secondary N) is 1. The molecule has 0 aromatic heterocycles. The van der Waals surface area contributed by atoms with Crippen LogP contribution >= 0.6 is 0 Å². The van der Waals surface area contributed by atoms with E-state index in [-0.39, 0.29) is 17.9 Å². The van der Waals surface area contributed by atoms with Gasteiger partial charge >= 0.3 is 12.2 Å². The summed E-state index contributed by atoms with van der Waals surface area (Å²) < 4.78 is 44.9. The summed E-state index contributed by atoms with van der Waals surface area (Å²) in [5.41, 5.74) is -0.0169. The number of urea groups is 1. The number of rotatable bonds is 5. The van der Waals surface area contributed by atoms with Crippen LogP contribution in [0.2, 0.25) is 0 Å². The fourth-order valence-electron chi connectivity index (χ4n) is 3.93. The molecule has 2 saturated heterocycles. The van der Waals surface area contributed by atoms with Crippen LogP contribution in [0.5, 0.6) is 0 Å². The number of hydrogen-bond donors (Lipinski definition) is 1. The third kappa shape index (κ3) is 5.05. The third-order valence-electron chi connectivity index (χ3n) is 5.36. The van der Waals surface area contributed by atoms with Gasteiger partial charge in [0.25, 0.3) is 0 Å². The van der Waals surface area contributed by atoms with Crippen molar-refractivity contribution in [3.63, 3.8) is 0 Å². The summed E-state index contributed by atoms with van der Waals surface area (Å²) in [5, 5.41) is 2.76. The predicted octanol–water partition coefficient (Wildman–Crippen LogP) is 2.95.